The van der Waals surface area contributed by atoms with E-state index in [1.54, 1.807) is 24.3 Å². The number of benzene rings is 1. The van der Waals surface area contributed by atoms with E-state index >= 15 is 0 Å². The molecule has 5 heteroatoms. The van der Waals surface area contributed by atoms with Gasteiger partial charge in [0.15, 0.2) is 0 Å². The van der Waals surface area contributed by atoms with E-state index in [2.05, 4.69) is 5.32 Å². The molecule has 0 fully saturated rings. The lowest BCUT2D eigenvalue weighted by molar-refractivity contribution is -0.140. The molecule has 0 aliphatic carbocycles. The lowest BCUT2D eigenvalue weighted by atomic mass is 10.1. The summed E-state index contributed by atoms with van der Waals surface area (Å²) in [7, 11) is 0. The first-order valence-electron chi connectivity index (χ1n) is 4.99. The van der Waals surface area contributed by atoms with Crippen LogP contribution < -0.4 is 5.32 Å². The summed E-state index contributed by atoms with van der Waals surface area (Å²) >= 11 is 0. The van der Waals surface area contributed by atoms with Gasteiger partial charge in [0.2, 0.25) is 0 Å². The van der Waals surface area contributed by atoms with Crippen LogP contribution in [0.25, 0.3) is 0 Å². The summed E-state index contributed by atoms with van der Waals surface area (Å²) in [6.45, 7) is -0.0643. The van der Waals surface area contributed by atoms with Gasteiger partial charge in [0, 0.05) is 6.54 Å². The fourth-order valence-corrected chi connectivity index (χ4v) is 1.33. The highest BCUT2D eigenvalue weighted by Gasteiger charge is 2.14. The van der Waals surface area contributed by atoms with Crippen LogP contribution in [-0.4, -0.2) is 40.5 Å². The van der Waals surface area contributed by atoms with Gasteiger partial charge in [0.05, 0.1) is 6.61 Å². The molecular formula is C11H15NO4. The fourth-order valence-electron chi connectivity index (χ4n) is 1.33. The lowest BCUT2D eigenvalue weighted by Gasteiger charge is -2.11. The number of hydrogen-bond acceptors (Lipinski definition) is 4. The molecule has 0 amide bonds. The zero-order valence-corrected chi connectivity index (χ0v) is 8.76. The maximum atomic E-state index is 10.6. The SMILES string of the molecule is O=C(O)[C@H](CO)NCCc1ccccc1O. The average molecular weight is 225 g/mol. The van der Waals surface area contributed by atoms with E-state index in [4.69, 9.17) is 10.2 Å². The average Bonchev–Trinajstić information content (AvgIpc) is 2.26. The van der Waals surface area contributed by atoms with Gasteiger partial charge in [-0.2, -0.15) is 0 Å². The van der Waals surface area contributed by atoms with Crippen molar-refractivity contribution in [2.24, 2.45) is 0 Å². The summed E-state index contributed by atoms with van der Waals surface area (Å²) in [6.07, 6.45) is 0.510. The summed E-state index contributed by atoms with van der Waals surface area (Å²) in [5.74, 6) is -0.889. The van der Waals surface area contributed by atoms with Crippen molar-refractivity contribution in [3.63, 3.8) is 0 Å². The van der Waals surface area contributed by atoms with E-state index in [9.17, 15) is 9.90 Å². The molecule has 0 saturated carbocycles. The van der Waals surface area contributed by atoms with E-state index in [1.807, 2.05) is 0 Å². The smallest absolute Gasteiger partial charge is 0.323 e. The van der Waals surface area contributed by atoms with E-state index in [0.717, 1.165) is 5.56 Å². The second-order valence-electron chi connectivity index (χ2n) is 3.41. The molecule has 1 aromatic rings. The van der Waals surface area contributed by atoms with Crippen molar-refractivity contribution >= 4 is 5.97 Å². The molecule has 0 unspecified atom stereocenters. The summed E-state index contributed by atoms with van der Waals surface area (Å²) < 4.78 is 0. The van der Waals surface area contributed by atoms with Gasteiger partial charge in [-0.3, -0.25) is 4.79 Å². The molecule has 16 heavy (non-hydrogen) atoms. The second kappa shape index (κ2) is 6.09. The number of carboxylic acid groups (broad SMARTS) is 1. The summed E-state index contributed by atoms with van der Waals surface area (Å²) in [6, 6.07) is 5.92. The van der Waals surface area contributed by atoms with Crippen LogP contribution in [0.3, 0.4) is 0 Å². The zero-order valence-electron chi connectivity index (χ0n) is 8.76. The Bertz CT molecular complexity index is 354. The van der Waals surface area contributed by atoms with Crippen LogP contribution in [0.5, 0.6) is 5.75 Å². The highest BCUT2D eigenvalue weighted by molar-refractivity contribution is 5.73. The summed E-state index contributed by atoms with van der Waals surface area (Å²) in [4.78, 5) is 10.6. The standard InChI is InChI=1S/C11H15NO4/c13-7-9(11(15)16)12-6-5-8-3-1-2-4-10(8)14/h1-4,9,12-14H,5-7H2,(H,15,16)/t9-/m0/s1. The number of rotatable bonds is 6. The first kappa shape index (κ1) is 12.5. The number of aromatic hydroxyl groups is 1. The molecule has 1 atom stereocenters. The zero-order chi connectivity index (χ0) is 12.0. The largest absolute Gasteiger partial charge is 0.508 e. The second-order valence-corrected chi connectivity index (χ2v) is 3.41. The van der Waals surface area contributed by atoms with Crippen LogP contribution in [0.2, 0.25) is 0 Å². The van der Waals surface area contributed by atoms with E-state index in [1.165, 1.54) is 0 Å². The van der Waals surface area contributed by atoms with Crippen molar-refractivity contribution < 1.29 is 20.1 Å². The molecule has 4 N–H and O–H groups in total. The molecule has 0 spiro atoms. The number of phenolic OH excluding ortho intramolecular Hbond substituents is 1. The molecule has 1 rings (SSSR count). The number of aliphatic carboxylic acids is 1. The minimum Gasteiger partial charge on any atom is -0.508 e. The number of aliphatic hydroxyl groups is 1. The Labute approximate surface area is 93.4 Å². The van der Waals surface area contributed by atoms with E-state index in [-0.39, 0.29) is 5.75 Å². The first-order valence-corrected chi connectivity index (χ1v) is 4.99. The lowest BCUT2D eigenvalue weighted by Crippen LogP contribution is -2.40. The van der Waals surface area contributed by atoms with Gasteiger partial charge in [-0.05, 0) is 18.1 Å². The molecule has 0 aliphatic rings. The molecule has 5 nitrogen and oxygen atoms in total. The Morgan fingerprint density at radius 1 is 1.38 bits per heavy atom. The number of carbonyl (C=O) groups is 1. The third-order valence-electron chi connectivity index (χ3n) is 2.26. The van der Waals surface area contributed by atoms with Gasteiger partial charge in [0.25, 0.3) is 0 Å². The Morgan fingerprint density at radius 2 is 2.06 bits per heavy atom. The molecule has 0 aromatic heterocycles. The molecule has 1 aromatic carbocycles. The predicted octanol–water partition coefficient (Wildman–Crippen LogP) is -0.0302. The fraction of sp³-hybridized carbons (Fsp3) is 0.364. The maximum Gasteiger partial charge on any atom is 0.323 e. The molecule has 0 bridgehead atoms. The first-order chi connectivity index (χ1) is 7.65. The number of aliphatic hydroxyl groups excluding tert-OH is 1. The van der Waals surface area contributed by atoms with E-state index < -0.39 is 18.6 Å². The van der Waals surface area contributed by atoms with Crippen LogP contribution in [-0.2, 0) is 11.2 Å². The molecule has 88 valence electrons. The highest BCUT2D eigenvalue weighted by Crippen LogP contribution is 2.15. The van der Waals surface area contributed by atoms with Gasteiger partial charge in [-0.25, -0.2) is 0 Å². The topological polar surface area (TPSA) is 89.8 Å². The van der Waals surface area contributed by atoms with Crippen molar-refractivity contribution in [2.45, 2.75) is 12.5 Å². The number of nitrogens with one attached hydrogen (secondary N) is 1. The van der Waals surface area contributed by atoms with Crippen molar-refractivity contribution in [1.29, 1.82) is 0 Å². The van der Waals surface area contributed by atoms with Gasteiger partial charge in [-0.15, -0.1) is 0 Å². The third kappa shape index (κ3) is 3.52. The Kier molecular flexibility index (Phi) is 4.75. The van der Waals surface area contributed by atoms with Crippen molar-refractivity contribution in [3.05, 3.63) is 29.8 Å². The maximum absolute atomic E-state index is 10.6. The Balaban J connectivity index is 2.41. The number of carboxylic acids is 1. The van der Waals surface area contributed by atoms with E-state index in [0.29, 0.717) is 13.0 Å². The number of hydrogen-bond donors (Lipinski definition) is 4. The summed E-state index contributed by atoms with van der Waals surface area (Å²) in [5, 5.41) is 29.5. The molecule has 0 saturated heterocycles. The molecule has 0 radical (unpaired) electrons. The summed E-state index contributed by atoms with van der Waals surface area (Å²) in [5.41, 5.74) is 0.747. The van der Waals surface area contributed by atoms with Crippen LogP contribution in [0.1, 0.15) is 5.56 Å². The van der Waals surface area contributed by atoms with Gasteiger partial charge >= 0.3 is 5.97 Å². The Morgan fingerprint density at radius 3 is 2.62 bits per heavy atom. The van der Waals surface area contributed by atoms with Crippen molar-refractivity contribution in [2.75, 3.05) is 13.2 Å². The quantitative estimate of drug-likeness (QED) is 0.546. The molecule has 0 heterocycles. The van der Waals surface area contributed by atoms with Crippen LogP contribution in [0, 0.1) is 0 Å². The van der Waals surface area contributed by atoms with Crippen LogP contribution >= 0.6 is 0 Å². The minimum absolute atomic E-state index is 0.195. The number of phenols is 1. The monoisotopic (exact) mass is 225 g/mol. The normalized spacial score (nSPS) is 12.3. The number of para-hydroxylation sites is 1. The molecule has 0 aliphatic heterocycles. The van der Waals surface area contributed by atoms with Gasteiger partial charge in [0.1, 0.15) is 11.8 Å². The van der Waals surface area contributed by atoms with Crippen LogP contribution in [0.15, 0.2) is 24.3 Å². The highest BCUT2D eigenvalue weighted by atomic mass is 16.4. The van der Waals surface area contributed by atoms with Gasteiger partial charge < -0.3 is 20.6 Å². The van der Waals surface area contributed by atoms with Crippen molar-refractivity contribution in [3.8, 4) is 5.75 Å². The predicted molar refractivity (Wildman–Crippen MR) is 58.3 cm³/mol. The Hall–Kier alpha value is -1.59. The third-order valence-corrected chi connectivity index (χ3v) is 2.26. The molecular weight excluding hydrogens is 210 g/mol. The van der Waals surface area contributed by atoms with Crippen LogP contribution in [0.4, 0.5) is 0 Å². The minimum atomic E-state index is -1.08. The van der Waals surface area contributed by atoms with Gasteiger partial charge in [-0.1, -0.05) is 18.2 Å². The van der Waals surface area contributed by atoms with Crippen molar-refractivity contribution in [1.82, 2.24) is 5.32 Å².